The standard InChI is InChI=1S/C22H21F2N3O2/c1-3-15-9-16(4-5-19(15)21(25)28)20-10-17(6-7-27-20)29-18-8-14(12-26-13-18)11-22(2,23)24/h4-10,12-13H,3,11H2,1-2H3,(H2,25,28). The van der Waals surface area contributed by atoms with Crippen LogP contribution in [0.4, 0.5) is 8.78 Å². The van der Waals surface area contributed by atoms with Gasteiger partial charge in [0.15, 0.2) is 0 Å². The monoisotopic (exact) mass is 397 g/mol. The summed E-state index contributed by atoms with van der Waals surface area (Å²) in [5.41, 5.74) is 8.58. The topological polar surface area (TPSA) is 78.1 Å². The molecule has 0 spiro atoms. The van der Waals surface area contributed by atoms with E-state index in [1.165, 1.54) is 12.4 Å². The number of alkyl halides is 2. The number of nitrogens with zero attached hydrogens (tertiary/aromatic N) is 2. The van der Waals surface area contributed by atoms with Gasteiger partial charge >= 0.3 is 0 Å². The van der Waals surface area contributed by atoms with Gasteiger partial charge in [-0.1, -0.05) is 13.0 Å². The van der Waals surface area contributed by atoms with E-state index in [1.807, 2.05) is 13.0 Å². The quantitative estimate of drug-likeness (QED) is 0.621. The summed E-state index contributed by atoms with van der Waals surface area (Å²) < 4.78 is 32.3. The summed E-state index contributed by atoms with van der Waals surface area (Å²) in [5, 5.41) is 0. The molecule has 0 saturated heterocycles. The van der Waals surface area contributed by atoms with E-state index in [2.05, 4.69) is 9.97 Å². The lowest BCUT2D eigenvalue weighted by molar-refractivity contribution is 0.0225. The van der Waals surface area contributed by atoms with Crippen molar-refractivity contribution in [3.05, 3.63) is 71.7 Å². The molecule has 2 N–H and O–H groups in total. The average Bonchev–Trinajstić information content (AvgIpc) is 2.66. The summed E-state index contributed by atoms with van der Waals surface area (Å²) in [4.78, 5) is 19.9. The van der Waals surface area contributed by atoms with Crippen molar-refractivity contribution in [1.29, 1.82) is 0 Å². The number of aromatic nitrogens is 2. The third kappa shape index (κ3) is 5.34. The number of ether oxygens (including phenoxy) is 1. The first-order chi connectivity index (χ1) is 13.7. The lowest BCUT2D eigenvalue weighted by Crippen LogP contribution is -2.13. The minimum Gasteiger partial charge on any atom is -0.456 e. The molecule has 7 heteroatoms. The van der Waals surface area contributed by atoms with Crippen LogP contribution in [-0.4, -0.2) is 21.8 Å². The molecule has 5 nitrogen and oxygen atoms in total. The third-order valence-electron chi connectivity index (χ3n) is 4.30. The molecule has 0 bridgehead atoms. The van der Waals surface area contributed by atoms with Crippen LogP contribution in [0.2, 0.25) is 0 Å². The van der Waals surface area contributed by atoms with Crippen molar-refractivity contribution in [3.8, 4) is 22.8 Å². The SMILES string of the molecule is CCc1cc(-c2cc(Oc3cncc(CC(C)(F)F)c3)ccn2)ccc1C(N)=O. The van der Waals surface area contributed by atoms with Crippen LogP contribution >= 0.6 is 0 Å². The van der Waals surface area contributed by atoms with Gasteiger partial charge < -0.3 is 10.5 Å². The molecule has 29 heavy (non-hydrogen) atoms. The summed E-state index contributed by atoms with van der Waals surface area (Å²) in [6.45, 7) is 2.81. The number of aryl methyl sites for hydroxylation is 1. The molecule has 0 unspecified atom stereocenters. The van der Waals surface area contributed by atoms with Crippen LogP contribution in [0.15, 0.2) is 55.0 Å². The van der Waals surface area contributed by atoms with Crippen LogP contribution in [0.25, 0.3) is 11.3 Å². The Morgan fingerprint density at radius 3 is 2.62 bits per heavy atom. The van der Waals surface area contributed by atoms with Crippen molar-refractivity contribution in [2.45, 2.75) is 32.6 Å². The molecule has 0 fully saturated rings. The van der Waals surface area contributed by atoms with E-state index in [1.54, 1.807) is 36.5 Å². The molecule has 3 rings (SSSR count). The first-order valence-electron chi connectivity index (χ1n) is 9.14. The minimum absolute atomic E-state index is 0.363. The molecule has 0 aliphatic heterocycles. The second-order valence-corrected chi connectivity index (χ2v) is 6.84. The Kier molecular flexibility index (Phi) is 5.87. The van der Waals surface area contributed by atoms with Gasteiger partial charge in [0, 0.05) is 36.0 Å². The lowest BCUT2D eigenvalue weighted by atomic mass is 9.99. The zero-order valence-electron chi connectivity index (χ0n) is 16.2. The van der Waals surface area contributed by atoms with Crippen molar-refractivity contribution in [3.63, 3.8) is 0 Å². The number of nitrogens with two attached hydrogens (primary N) is 1. The number of pyridine rings is 2. The molecule has 3 aromatic rings. The highest BCUT2D eigenvalue weighted by Gasteiger charge is 2.22. The van der Waals surface area contributed by atoms with Gasteiger partial charge in [0.2, 0.25) is 11.8 Å². The highest BCUT2D eigenvalue weighted by Crippen LogP contribution is 2.28. The number of amides is 1. The number of hydrogen-bond donors (Lipinski definition) is 1. The molecule has 0 aliphatic carbocycles. The van der Waals surface area contributed by atoms with E-state index in [4.69, 9.17) is 10.5 Å². The predicted molar refractivity (Wildman–Crippen MR) is 106 cm³/mol. The summed E-state index contributed by atoms with van der Waals surface area (Å²) in [5.74, 6) is -2.43. The van der Waals surface area contributed by atoms with Gasteiger partial charge in [-0.15, -0.1) is 0 Å². The van der Waals surface area contributed by atoms with Crippen molar-refractivity contribution >= 4 is 5.91 Å². The van der Waals surface area contributed by atoms with E-state index in [0.29, 0.717) is 34.7 Å². The molecule has 0 radical (unpaired) electrons. The number of halogens is 2. The number of hydrogen-bond acceptors (Lipinski definition) is 4. The molecule has 1 amide bonds. The minimum atomic E-state index is -2.82. The van der Waals surface area contributed by atoms with E-state index >= 15 is 0 Å². The van der Waals surface area contributed by atoms with E-state index < -0.39 is 18.3 Å². The van der Waals surface area contributed by atoms with Crippen molar-refractivity contribution in [2.24, 2.45) is 5.73 Å². The molecule has 1 aromatic carbocycles. The normalized spacial score (nSPS) is 11.3. The van der Waals surface area contributed by atoms with Crippen molar-refractivity contribution in [1.82, 2.24) is 9.97 Å². The van der Waals surface area contributed by atoms with Gasteiger partial charge in [0.1, 0.15) is 11.5 Å². The van der Waals surface area contributed by atoms with Gasteiger partial charge in [0.25, 0.3) is 0 Å². The summed E-state index contributed by atoms with van der Waals surface area (Å²) >= 11 is 0. The average molecular weight is 397 g/mol. The second kappa shape index (κ2) is 8.34. The Balaban J connectivity index is 1.85. The molecule has 2 heterocycles. The maximum absolute atomic E-state index is 13.2. The Morgan fingerprint density at radius 2 is 1.93 bits per heavy atom. The Morgan fingerprint density at radius 1 is 1.14 bits per heavy atom. The van der Waals surface area contributed by atoms with Crippen LogP contribution in [-0.2, 0) is 12.8 Å². The van der Waals surface area contributed by atoms with Gasteiger partial charge in [-0.2, -0.15) is 0 Å². The zero-order valence-corrected chi connectivity index (χ0v) is 16.2. The summed E-state index contributed by atoms with van der Waals surface area (Å²) in [6.07, 6.45) is 4.70. The van der Waals surface area contributed by atoms with E-state index in [0.717, 1.165) is 18.1 Å². The van der Waals surface area contributed by atoms with Crippen LogP contribution in [0.1, 0.15) is 35.3 Å². The van der Waals surface area contributed by atoms with Crippen molar-refractivity contribution < 1.29 is 18.3 Å². The first-order valence-corrected chi connectivity index (χ1v) is 9.14. The van der Waals surface area contributed by atoms with Gasteiger partial charge in [-0.3, -0.25) is 14.8 Å². The molecule has 0 aliphatic rings. The Bertz CT molecular complexity index is 1030. The van der Waals surface area contributed by atoms with Gasteiger partial charge in [0.05, 0.1) is 11.9 Å². The highest BCUT2D eigenvalue weighted by molar-refractivity contribution is 5.95. The Hall–Kier alpha value is -3.35. The van der Waals surface area contributed by atoms with Crippen LogP contribution in [0, 0.1) is 0 Å². The Labute approximate surface area is 167 Å². The van der Waals surface area contributed by atoms with Crippen LogP contribution in [0.5, 0.6) is 11.5 Å². The zero-order chi connectivity index (χ0) is 21.0. The molecular weight excluding hydrogens is 376 g/mol. The van der Waals surface area contributed by atoms with Crippen LogP contribution < -0.4 is 10.5 Å². The van der Waals surface area contributed by atoms with Crippen molar-refractivity contribution in [2.75, 3.05) is 0 Å². The largest absolute Gasteiger partial charge is 0.456 e. The molecular formula is C22H21F2N3O2. The molecule has 0 saturated carbocycles. The lowest BCUT2D eigenvalue weighted by Gasteiger charge is -2.12. The fourth-order valence-electron chi connectivity index (χ4n) is 3.03. The summed E-state index contributed by atoms with van der Waals surface area (Å²) in [7, 11) is 0. The number of carbonyl (C=O) groups excluding carboxylic acids is 1. The number of carbonyl (C=O) groups is 1. The number of primary amides is 1. The molecule has 150 valence electrons. The number of benzene rings is 1. The summed E-state index contributed by atoms with van der Waals surface area (Å²) in [6, 6.07) is 10.3. The smallest absolute Gasteiger partial charge is 0.249 e. The maximum Gasteiger partial charge on any atom is 0.249 e. The first kappa shape index (κ1) is 20.4. The number of rotatable bonds is 7. The fourth-order valence-corrected chi connectivity index (χ4v) is 3.03. The second-order valence-electron chi connectivity index (χ2n) is 6.84. The maximum atomic E-state index is 13.2. The predicted octanol–water partition coefficient (Wildman–Crippen LogP) is 4.79. The van der Waals surface area contributed by atoms with Gasteiger partial charge in [-0.25, -0.2) is 8.78 Å². The molecule has 2 aromatic heterocycles. The highest BCUT2D eigenvalue weighted by atomic mass is 19.3. The van der Waals surface area contributed by atoms with E-state index in [9.17, 15) is 13.6 Å². The molecule has 0 atom stereocenters. The van der Waals surface area contributed by atoms with E-state index in [-0.39, 0.29) is 0 Å². The van der Waals surface area contributed by atoms with Gasteiger partial charge in [-0.05, 0) is 48.7 Å². The fraction of sp³-hybridized carbons (Fsp3) is 0.227. The van der Waals surface area contributed by atoms with Crippen LogP contribution in [0.3, 0.4) is 0 Å². The third-order valence-corrected chi connectivity index (χ3v) is 4.30.